The number of carbonyl (C=O) groups is 1. The van der Waals surface area contributed by atoms with Crippen molar-refractivity contribution in [3.8, 4) is 0 Å². The van der Waals surface area contributed by atoms with Gasteiger partial charge in [-0.1, -0.05) is 24.6 Å². The van der Waals surface area contributed by atoms with Gasteiger partial charge in [0.1, 0.15) is 0 Å². The molecule has 2 rings (SSSR count). The number of anilines is 1. The lowest BCUT2D eigenvalue weighted by Crippen LogP contribution is -2.43. The number of rotatable bonds is 1. The van der Waals surface area contributed by atoms with Crippen molar-refractivity contribution in [1.82, 2.24) is 5.32 Å². The second-order valence-electron chi connectivity index (χ2n) is 4.43. The van der Waals surface area contributed by atoms with Crippen molar-refractivity contribution >= 4 is 23.2 Å². The van der Waals surface area contributed by atoms with E-state index in [1.165, 1.54) is 0 Å². The van der Waals surface area contributed by atoms with E-state index in [2.05, 4.69) is 5.32 Å². The number of benzene rings is 1. The van der Waals surface area contributed by atoms with Gasteiger partial charge in [-0.25, -0.2) is 0 Å². The summed E-state index contributed by atoms with van der Waals surface area (Å²) in [5.74, 6) is 0.175. The molecule has 17 heavy (non-hydrogen) atoms. The van der Waals surface area contributed by atoms with Crippen LogP contribution in [-0.4, -0.2) is 25.5 Å². The molecule has 0 saturated carbocycles. The monoisotopic (exact) mass is 252 g/mol. The molecule has 1 heterocycles. The molecule has 92 valence electrons. The molecule has 1 aromatic carbocycles. The average Bonchev–Trinajstić information content (AvgIpc) is 2.31. The molecule has 3 nitrogen and oxygen atoms in total. The smallest absolute Gasteiger partial charge is 0.231 e. The van der Waals surface area contributed by atoms with Crippen molar-refractivity contribution in [2.45, 2.75) is 13.3 Å². The molecule has 0 aliphatic carbocycles. The van der Waals surface area contributed by atoms with E-state index in [4.69, 9.17) is 11.6 Å². The Balaban J connectivity index is 2.24. The minimum absolute atomic E-state index is 0.00859. The molecule has 0 aromatic heterocycles. The molecule has 1 amide bonds. The molecule has 0 radical (unpaired) electrons. The van der Waals surface area contributed by atoms with Crippen LogP contribution in [0.1, 0.15) is 13.3 Å². The first kappa shape index (κ1) is 12.4. The highest BCUT2D eigenvalue weighted by molar-refractivity contribution is 6.30. The Hall–Kier alpha value is -1.06. The van der Waals surface area contributed by atoms with Gasteiger partial charge in [-0.15, -0.1) is 0 Å². The van der Waals surface area contributed by atoms with Gasteiger partial charge in [0, 0.05) is 29.7 Å². The van der Waals surface area contributed by atoms with Crippen LogP contribution in [0.3, 0.4) is 0 Å². The SMILES string of the molecule is CC1CNCCCN(c2cccc(Cl)c2)C1=O. The quantitative estimate of drug-likeness (QED) is 0.832. The maximum Gasteiger partial charge on any atom is 0.231 e. The van der Waals surface area contributed by atoms with Crippen molar-refractivity contribution in [2.75, 3.05) is 24.5 Å². The standard InChI is InChI=1S/C13H17ClN2O/c1-10-9-15-6-3-7-16(13(10)17)12-5-2-4-11(14)8-12/h2,4-5,8,10,15H,3,6-7,9H2,1H3. The molecule has 1 N–H and O–H groups in total. The number of amides is 1. The summed E-state index contributed by atoms with van der Waals surface area (Å²) in [4.78, 5) is 14.1. The molecule has 0 spiro atoms. The topological polar surface area (TPSA) is 32.3 Å². The van der Waals surface area contributed by atoms with Crippen LogP contribution in [0.15, 0.2) is 24.3 Å². The van der Waals surface area contributed by atoms with Gasteiger partial charge in [0.05, 0.1) is 0 Å². The lowest BCUT2D eigenvalue weighted by molar-refractivity contribution is -0.122. The highest BCUT2D eigenvalue weighted by Gasteiger charge is 2.23. The maximum absolute atomic E-state index is 12.3. The van der Waals surface area contributed by atoms with Gasteiger partial charge in [0.2, 0.25) is 5.91 Å². The third-order valence-corrected chi connectivity index (χ3v) is 3.23. The third kappa shape index (κ3) is 2.99. The van der Waals surface area contributed by atoms with E-state index in [0.29, 0.717) is 5.02 Å². The first-order valence-electron chi connectivity index (χ1n) is 5.96. The Morgan fingerprint density at radius 3 is 3.06 bits per heavy atom. The van der Waals surface area contributed by atoms with Crippen molar-refractivity contribution in [3.63, 3.8) is 0 Å². The van der Waals surface area contributed by atoms with Crippen molar-refractivity contribution in [2.24, 2.45) is 5.92 Å². The Morgan fingerprint density at radius 2 is 2.29 bits per heavy atom. The fourth-order valence-electron chi connectivity index (χ4n) is 2.04. The van der Waals surface area contributed by atoms with Crippen LogP contribution in [0.4, 0.5) is 5.69 Å². The molecule has 4 heteroatoms. The Bertz CT molecular complexity index is 408. The number of hydrogen-bond donors (Lipinski definition) is 1. The van der Waals surface area contributed by atoms with Gasteiger partial charge in [-0.2, -0.15) is 0 Å². The van der Waals surface area contributed by atoms with Crippen molar-refractivity contribution < 1.29 is 4.79 Å². The van der Waals surface area contributed by atoms with E-state index in [1.807, 2.05) is 36.1 Å². The summed E-state index contributed by atoms with van der Waals surface area (Å²) in [6, 6.07) is 7.49. The number of halogens is 1. The van der Waals surface area contributed by atoms with Crippen LogP contribution < -0.4 is 10.2 Å². The number of nitrogens with one attached hydrogen (secondary N) is 1. The second-order valence-corrected chi connectivity index (χ2v) is 4.86. The second kappa shape index (κ2) is 5.52. The zero-order valence-corrected chi connectivity index (χ0v) is 10.7. The van der Waals surface area contributed by atoms with E-state index >= 15 is 0 Å². The molecular formula is C13H17ClN2O. The van der Waals surface area contributed by atoms with Gasteiger partial charge < -0.3 is 10.2 Å². The van der Waals surface area contributed by atoms with Crippen LogP contribution in [0.5, 0.6) is 0 Å². The summed E-state index contributed by atoms with van der Waals surface area (Å²) < 4.78 is 0. The number of hydrogen-bond acceptors (Lipinski definition) is 2. The Morgan fingerprint density at radius 1 is 1.47 bits per heavy atom. The summed E-state index contributed by atoms with van der Waals surface area (Å²) in [7, 11) is 0. The van der Waals surface area contributed by atoms with Crippen LogP contribution in [0, 0.1) is 5.92 Å². The Kier molecular flexibility index (Phi) is 4.02. The predicted octanol–water partition coefficient (Wildman–Crippen LogP) is 2.30. The maximum atomic E-state index is 12.3. The number of nitrogens with zero attached hydrogens (tertiary/aromatic N) is 1. The molecule has 1 atom stereocenters. The lowest BCUT2D eigenvalue weighted by Gasteiger charge is -2.28. The molecule has 0 bridgehead atoms. The summed E-state index contributed by atoms with van der Waals surface area (Å²) in [5, 5.41) is 3.95. The van der Waals surface area contributed by atoms with Crippen LogP contribution in [0.25, 0.3) is 0 Å². The van der Waals surface area contributed by atoms with Gasteiger partial charge >= 0.3 is 0 Å². The van der Waals surface area contributed by atoms with Gasteiger partial charge in [-0.05, 0) is 31.2 Å². The van der Waals surface area contributed by atoms with E-state index in [0.717, 1.165) is 31.7 Å². The minimum Gasteiger partial charge on any atom is -0.316 e. The van der Waals surface area contributed by atoms with Gasteiger partial charge in [-0.3, -0.25) is 4.79 Å². The fraction of sp³-hybridized carbons (Fsp3) is 0.462. The summed E-state index contributed by atoms with van der Waals surface area (Å²) in [5.41, 5.74) is 0.899. The first-order chi connectivity index (χ1) is 8.18. The van der Waals surface area contributed by atoms with Gasteiger partial charge in [0.25, 0.3) is 0 Å². The first-order valence-corrected chi connectivity index (χ1v) is 6.34. The molecule has 1 unspecified atom stereocenters. The fourth-order valence-corrected chi connectivity index (χ4v) is 2.23. The van der Waals surface area contributed by atoms with Crippen LogP contribution >= 0.6 is 11.6 Å². The summed E-state index contributed by atoms with van der Waals surface area (Å²) >= 11 is 5.97. The predicted molar refractivity (Wildman–Crippen MR) is 70.5 cm³/mol. The normalized spacial score (nSPS) is 22.1. The zero-order valence-electron chi connectivity index (χ0n) is 9.95. The average molecular weight is 253 g/mol. The lowest BCUT2D eigenvalue weighted by atomic mass is 10.1. The zero-order chi connectivity index (χ0) is 12.3. The van der Waals surface area contributed by atoms with Gasteiger partial charge in [0.15, 0.2) is 0 Å². The molecule has 1 aliphatic heterocycles. The molecule has 1 aromatic rings. The molecule has 1 saturated heterocycles. The van der Waals surface area contributed by atoms with E-state index < -0.39 is 0 Å². The molecule has 1 aliphatic rings. The number of carbonyl (C=O) groups excluding carboxylic acids is 1. The van der Waals surface area contributed by atoms with Crippen LogP contribution in [0.2, 0.25) is 5.02 Å². The largest absolute Gasteiger partial charge is 0.316 e. The molecular weight excluding hydrogens is 236 g/mol. The van der Waals surface area contributed by atoms with Crippen LogP contribution in [-0.2, 0) is 4.79 Å². The summed E-state index contributed by atoms with van der Waals surface area (Å²) in [6.45, 7) is 4.40. The van der Waals surface area contributed by atoms with E-state index in [-0.39, 0.29) is 11.8 Å². The van der Waals surface area contributed by atoms with E-state index in [9.17, 15) is 4.79 Å². The summed E-state index contributed by atoms with van der Waals surface area (Å²) in [6.07, 6.45) is 0.963. The minimum atomic E-state index is 0.00859. The van der Waals surface area contributed by atoms with Crippen molar-refractivity contribution in [1.29, 1.82) is 0 Å². The highest BCUT2D eigenvalue weighted by atomic mass is 35.5. The van der Waals surface area contributed by atoms with E-state index in [1.54, 1.807) is 0 Å². The Labute approximate surface area is 107 Å². The van der Waals surface area contributed by atoms with Crippen molar-refractivity contribution in [3.05, 3.63) is 29.3 Å². The molecule has 1 fully saturated rings. The third-order valence-electron chi connectivity index (χ3n) is 2.99. The highest BCUT2D eigenvalue weighted by Crippen LogP contribution is 2.22.